The SMILES string of the molecule is CCNC(=NCc1ccc(OCCO)c(OC)c1)NC(C)CC.I. The second-order valence-electron chi connectivity index (χ2n) is 5.21. The lowest BCUT2D eigenvalue weighted by Crippen LogP contribution is -2.41. The fourth-order valence-electron chi connectivity index (χ4n) is 1.91. The molecule has 0 aromatic heterocycles. The van der Waals surface area contributed by atoms with Gasteiger partial charge in [0.25, 0.3) is 0 Å². The van der Waals surface area contributed by atoms with Crippen LogP contribution in [0.3, 0.4) is 0 Å². The maximum absolute atomic E-state index is 8.84. The van der Waals surface area contributed by atoms with E-state index >= 15 is 0 Å². The standard InChI is InChI=1S/C17H29N3O3.HI/c1-5-13(3)20-17(18-6-2)19-12-14-7-8-15(23-10-9-21)16(11-14)22-4;/h7-8,11,13,21H,5-6,9-10,12H2,1-4H3,(H2,18,19,20);1H. The topological polar surface area (TPSA) is 75.1 Å². The molecular formula is C17H30IN3O3. The normalized spacial score (nSPS) is 12.1. The third-order valence-corrected chi connectivity index (χ3v) is 3.34. The maximum Gasteiger partial charge on any atom is 0.191 e. The largest absolute Gasteiger partial charge is 0.493 e. The molecule has 0 saturated heterocycles. The summed E-state index contributed by atoms with van der Waals surface area (Å²) in [6.45, 7) is 7.90. The van der Waals surface area contributed by atoms with Crippen LogP contribution in [0.4, 0.5) is 0 Å². The number of hydrogen-bond donors (Lipinski definition) is 3. The van der Waals surface area contributed by atoms with Crippen molar-refractivity contribution in [3.05, 3.63) is 23.8 Å². The first-order valence-electron chi connectivity index (χ1n) is 8.09. The van der Waals surface area contributed by atoms with Crippen LogP contribution in [0.25, 0.3) is 0 Å². The molecule has 1 rings (SSSR count). The summed E-state index contributed by atoms with van der Waals surface area (Å²) in [4.78, 5) is 4.60. The fourth-order valence-corrected chi connectivity index (χ4v) is 1.91. The molecule has 138 valence electrons. The first kappa shape index (κ1) is 22.8. The van der Waals surface area contributed by atoms with E-state index in [1.165, 1.54) is 0 Å². The molecule has 1 unspecified atom stereocenters. The van der Waals surface area contributed by atoms with Crippen LogP contribution >= 0.6 is 24.0 Å². The zero-order valence-corrected chi connectivity index (χ0v) is 17.3. The van der Waals surface area contributed by atoms with Gasteiger partial charge < -0.3 is 25.2 Å². The van der Waals surface area contributed by atoms with Gasteiger partial charge in [-0.15, -0.1) is 24.0 Å². The monoisotopic (exact) mass is 451 g/mol. The Morgan fingerprint density at radius 1 is 1.29 bits per heavy atom. The van der Waals surface area contributed by atoms with Gasteiger partial charge in [0.05, 0.1) is 20.3 Å². The van der Waals surface area contributed by atoms with Crippen LogP contribution < -0.4 is 20.1 Å². The number of benzene rings is 1. The number of aliphatic hydroxyl groups excluding tert-OH is 1. The van der Waals surface area contributed by atoms with Crippen LogP contribution in [0.5, 0.6) is 11.5 Å². The smallest absolute Gasteiger partial charge is 0.191 e. The minimum Gasteiger partial charge on any atom is -0.493 e. The number of rotatable bonds is 9. The third-order valence-electron chi connectivity index (χ3n) is 3.34. The zero-order chi connectivity index (χ0) is 17.1. The Hall–Kier alpha value is -1.22. The van der Waals surface area contributed by atoms with Gasteiger partial charge in [0.15, 0.2) is 17.5 Å². The Bertz CT molecular complexity index is 498. The highest BCUT2D eigenvalue weighted by molar-refractivity contribution is 14.0. The van der Waals surface area contributed by atoms with E-state index in [9.17, 15) is 0 Å². The lowest BCUT2D eigenvalue weighted by atomic mass is 10.2. The van der Waals surface area contributed by atoms with Gasteiger partial charge in [0.1, 0.15) is 6.61 Å². The van der Waals surface area contributed by atoms with Gasteiger partial charge in [0, 0.05) is 12.6 Å². The van der Waals surface area contributed by atoms with E-state index in [4.69, 9.17) is 14.6 Å². The number of aliphatic imine (C=N–C) groups is 1. The highest BCUT2D eigenvalue weighted by Gasteiger charge is 2.07. The maximum atomic E-state index is 8.84. The Morgan fingerprint density at radius 2 is 2.04 bits per heavy atom. The van der Waals surface area contributed by atoms with Crippen LogP contribution in [0, 0.1) is 0 Å². The second kappa shape index (κ2) is 13.1. The number of guanidine groups is 1. The Labute approximate surface area is 162 Å². The summed E-state index contributed by atoms with van der Waals surface area (Å²) in [6, 6.07) is 6.07. The highest BCUT2D eigenvalue weighted by atomic mass is 127. The average Bonchev–Trinajstić information content (AvgIpc) is 2.58. The minimum atomic E-state index is -0.0253. The van der Waals surface area contributed by atoms with Crippen molar-refractivity contribution in [1.29, 1.82) is 0 Å². The van der Waals surface area contributed by atoms with Gasteiger partial charge in [0.2, 0.25) is 0 Å². The number of halogens is 1. The van der Waals surface area contributed by atoms with Gasteiger partial charge in [-0.2, -0.15) is 0 Å². The van der Waals surface area contributed by atoms with Crippen molar-refractivity contribution < 1.29 is 14.6 Å². The molecule has 7 heteroatoms. The van der Waals surface area contributed by atoms with Crippen LogP contribution in [-0.4, -0.2) is 44.0 Å². The van der Waals surface area contributed by atoms with Crippen molar-refractivity contribution in [3.8, 4) is 11.5 Å². The lowest BCUT2D eigenvalue weighted by Gasteiger charge is -2.16. The molecule has 3 N–H and O–H groups in total. The molecule has 0 aliphatic rings. The fraction of sp³-hybridized carbons (Fsp3) is 0.588. The number of methoxy groups -OCH3 is 1. The Balaban J connectivity index is 0.00000529. The van der Waals surface area contributed by atoms with Crippen molar-refractivity contribution >= 4 is 29.9 Å². The molecular weight excluding hydrogens is 421 g/mol. The van der Waals surface area contributed by atoms with Crippen LogP contribution in [-0.2, 0) is 6.54 Å². The number of nitrogens with one attached hydrogen (secondary N) is 2. The first-order valence-corrected chi connectivity index (χ1v) is 8.09. The molecule has 6 nitrogen and oxygen atoms in total. The van der Waals surface area contributed by atoms with Gasteiger partial charge in [-0.3, -0.25) is 0 Å². The van der Waals surface area contributed by atoms with Gasteiger partial charge in [-0.25, -0.2) is 4.99 Å². The van der Waals surface area contributed by atoms with Crippen LogP contribution in [0.15, 0.2) is 23.2 Å². The molecule has 0 fully saturated rings. The first-order chi connectivity index (χ1) is 11.1. The number of hydrogen-bond acceptors (Lipinski definition) is 4. The molecule has 0 bridgehead atoms. The van der Waals surface area contributed by atoms with Gasteiger partial charge >= 0.3 is 0 Å². The van der Waals surface area contributed by atoms with Gasteiger partial charge in [-0.05, 0) is 38.0 Å². The summed E-state index contributed by atoms with van der Waals surface area (Å²) in [5.41, 5.74) is 1.03. The Morgan fingerprint density at radius 3 is 2.62 bits per heavy atom. The van der Waals surface area contributed by atoms with Crippen molar-refractivity contribution in [1.82, 2.24) is 10.6 Å². The minimum absolute atomic E-state index is 0. The number of nitrogens with zero attached hydrogens (tertiary/aromatic N) is 1. The van der Waals surface area contributed by atoms with Crippen LogP contribution in [0.2, 0.25) is 0 Å². The van der Waals surface area contributed by atoms with E-state index in [-0.39, 0.29) is 37.2 Å². The molecule has 1 aromatic rings. The molecule has 0 saturated carbocycles. The van der Waals surface area contributed by atoms with E-state index in [0.717, 1.165) is 24.5 Å². The van der Waals surface area contributed by atoms with E-state index < -0.39 is 0 Å². The highest BCUT2D eigenvalue weighted by Crippen LogP contribution is 2.28. The summed E-state index contributed by atoms with van der Waals surface area (Å²) in [6.07, 6.45) is 1.04. The lowest BCUT2D eigenvalue weighted by molar-refractivity contribution is 0.196. The number of aliphatic hydroxyl groups is 1. The molecule has 0 heterocycles. The summed E-state index contributed by atoms with van der Waals surface area (Å²) in [5.74, 6) is 2.08. The van der Waals surface area contributed by atoms with Crippen LogP contribution in [0.1, 0.15) is 32.8 Å². The molecule has 0 radical (unpaired) electrons. The van der Waals surface area contributed by atoms with E-state index in [1.807, 2.05) is 25.1 Å². The molecule has 0 spiro atoms. The van der Waals surface area contributed by atoms with Crippen molar-refractivity contribution in [3.63, 3.8) is 0 Å². The van der Waals surface area contributed by atoms with E-state index in [1.54, 1.807) is 7.11 Å². The molecule has 0 aliphatic heterocycles. The van der Waals surface area contributed by atoms with Gasteiger partial charge in [-0.1, -0.05) is 13.0 Å². The summed E-state index contributed by atoms with van der Waals surface area (Å²) < 4.78 is 10.8. The molecule has 0 aliphatic carbocycles. The third kappa shape index (κ3) is 8.05. The Kier molecular flexibility index (Phi) is 12.4. The predicted molar refractivity (Wildman–Crippen MR) is 109 cm³/mol. The molecule has 1 atom stereocenters. The molecule has 24 heavy (non-hydrogen) atoms. The molecule has 1 aromatic carbocycles. The van der Waals surface area contributed by atoms with E-state index in [2.05, 4.69) is 29.5 Å². The summed E-state index contributed by atoms with van der Waals surface area (Å²) in [7, 11) is 1.60. The summed E-state index contributed by atoms with van der Waals surface area (Å²) >= 11 is 0. The van der Waals surface area contributed by atoms with Crippen molar-refractivity contribution in [2.45, 2.75) is 39.8 Å². The predicted octanol–water partition coefficient (Wildman–Crippen LogP) is 2.54. The summed E-state index contributed by atoms with van der Waals surface area (Å²) in [5, 5.41) is 15.4. The molecule has 0 amide bonds. The van der Waals surface area contributed by atoms with E-state index in [0.29, 0.717) is 24.1 Å². The zero-order valence-electron chi connectivity index (χ0n) is 15.0. The van der Waals surface area contributed by atoms with Crippen molar-refractivity contribution in [2.24, 2.45) is 4.99 Å². The number of ether oxygens (including phenoxy) is 2. The van der Waals surface area contributed by atoms with Crippen molar-refractivity contribution in [2.75, 3.05) is 26.9 Å². The average molecular weight is 451 g/mol. The second-order valence-corrected chi connectivity index (χ2v) is 5.21. The quantitative estimate of drug-likeness (QED) is 0.306.